The SMILES string of the molecule is Cc1nc2c(c(=O)n1CC(=O)NCc1ccccc1)CCN(Cc1ccccc1)C2. The van der Waals surface area contributed by atoms with E-state index >= 15 is 0 Å². The van der Waals surface area contributed by atoms with E-state index < -0.39 is 0 Å². The largest absolute Gasteiger partial charge is 0.350 e. The monoisotopic (exact) mass is 402 g/mol. The highest BCUT2D eigenvalue weighted by Gasteiger charge is 2.23. The standard InChI is InChI=1S/C24H26N4O2/c1-18-26-22-16-27(15-20-10-6-3-7-11-20)13-12-21(22)24(30)28(18)17-23(29)25-14-19-8-4-2-5-9-19/h2-11H,12-17H2,1H3,(H,25,29). The summed E-state index contributed by atoms with van der Waals surface area (Å²) in [4.78, 5) is 32.4. The molecule has 0 saturated heterocycles. The molecule has 6 heteroatoms. The number of nitrogens with zero attached hydrogens (tertiary/aromatic N) is 3. The summed E-state index contributed by atoms with van der Waals surface area (Å²) in [6, 6.07) is 20.0. The van der Waals surface area contributed by atoms with Crippen molar-refractivity contribution in [1.29, 1.82) is 0 Å². The number of aromatic nitrogens is 2. The number of aryl methyl sites for hydroxylation is 1. The third kappa shape index (κ3) is 4.66. The van der Waals surface area contributed by atoms with Crippen molar-refractivity contribution < 1.29 is 4.79 Å². The highest BCUT2D eigenvalue weighted by molar-refractivity contribution is 5.75. The van der Waals surface area contributed by atoms with Gasteiger partial charge in [0, 0.05) is 31.7 Å². The summed E-state index contributed by atoms with van der Waals surface area (Å²) in [6.07, 6.45) is 0.653. The van der Waals surface area contributed by atoms with E-state index in [-0.39, 0.29) is 18.0 Å². The molecule has 0 radical (unpaired) electrons. The number of hydrogen-bond acceptors (Lipinski definition) is 4. The van der Waals surface area contributed by atoms with Crippen LogP contribution in [-0.4, -0.2) is 26.9 Å². The first-order valence-electron chi connectivity index (χ1n) is 10.3. The van der Waals surface area contributed by atoms with Crippen molar-refractivity contribution in [3.8, 4) is 0 Å². The van der Waals surface area contributed by atoms with E-state index in [1.807, 2.05) is 48.5 Å². The molecule has 3 aromatic rings. The lowest BCUT2D eigenvalue weighted by molar-refractivity contribution is -0.121. The molecule has 0 spiro atoms. The fraction of sp³-hybridized carbons (Fsp3) is 0.292. The molecule has 2 heterocycles. The van der Waals surface area contributed by atoms with Gasteiger partial charge < -0.3 is 5.32 Å². The molecule has 0 aliphatic carbocycles. The van der Waals surface area contributed by atoms with Crippen molar-refractivity contribution >= 4 is 5.91 Å². The predicted molar refractivity (Wildman–Crippen MR) is 116 cm³/mol. The smallest absolute Gasteiger partial charge is 0.257 e. The summed E-state index contributed by atoms with van der Waals surface area (Å²) >= 11 is 0. The molecule has 0 fully saturated rings. The zero-order valence-corrected chi connectivity index (χ0v) is 17.2. The Kier molecular flexibility index (Phi) is 6.05. The number of amides is 1. The number of hydrogen-bond donors (Lipinski definition) is 1. The zero-order chi connectivity index (χ0) is 20.9. The molecule has 6 nitrogen and oxygen atoms in total. The van der Waals surface area contributed by atoms with E-state index in [9.17, 15) is 9.59 Å². The Labute approximate surface area is 176 Å². The van der Waals surface area contributed by atoms with Crippen molar-refractivity contribution in [2.24, 2.45) is 0 Å². The van der Waals surface area contributed by atoms with Gasteiger partial charge in [0.15, 0.2) is 0 Å². The predicted octanol–water partition coefficient (Wildman–Crippen LogP) is 2.43. The molecule has 0 atom stereocenters. The number of carbonyl (C=O) groups is 1. The number of nitrogens with one attached hydrogen (secondary N) is 1. The van der Waals surface area contributed by atoms with Crippen molar-refractivity contribution in [1.82, 2.24) is 19.8 Å². The summed E-state index contributed by atoms with van der Waals surface area (Å²) in [5, 5.41) is 2.88. The normalized spacial score (nSPS) is 13.6. The van der Waals surface area contributed by atoms with Crippen LogP contribution in [0.2, 0.25) is 0 Å². The van der Waals surface area contributed by atoms with Crippen molar-refractivity contribution in [3.63, 3.8) is 0 Å². The molecule has 1 aliphatic rings. The van der Waals surface area contributed by atoms with E-state index in [0.29, 0.717) is 25.3 Å². The third-order valence-corrected chi connectivity index (χ3v) is 5.47. The maximum absolute atomic E-state index is 13.0. The molecular formula is C24H26N4O2. The Bertz CT molecular complexity index is 1080. The maximum atomic E-state index is 13.0. The van der Waals surface area contributed by atoms with Crippen LogP contribution in [0.4, 0.5) is 0 Å². The number of fused-ring (bicyclic) bond motifs is 1. The molecule has 154 valence electrons. The van der Waals surface area contributed by atoms with Crippen LogP contribution in [0.1, 0.15) is 28.2 Å². The highest BCUT2D eigenvalue weighted by atomic mass is 16.2. The van der Waals surface area contributed by atoms with Crippen LogP contribution in [-0.2, 0) is 37.4 Å². The summed E-state index contributed by atoms with van der Waals surface area (Å²) in [5.41, 5.74) is 3.76. The number of rotatable bonds is 6. The topological polar surface area (TPSA) is 67.2 Å². The lowest BCUT2D eigenvalue weighted by Gasteiger charge is -2.28. The first-order chi connectivity index (χ1) is 14.6. The quantitative estimate of drug-likeness (QED) is 0.688. The Morgan fingerprint density at radius 1 is 1.03 bits per heavy atom. The van der Waals surface area contributed by atoms with Gasteiger partial charge in [-0.05, 0) is 24.5 Å². The van der Waals surface area contributed by atoms with Crippen LogP contribution in [0.3, 0.4) is 0 Å². The Morgan fingerprint density at radius 2 is 1.70 bits per heavy atom. The van der Waals surface area contributed by atoms with Gasteiger partial charge in [0.05, 0.1) is 5.69 Å². The van der Waals surface area contributed by atoms with Crippen molar-refractivity contribution in [2.75, 3.05) is 6.54 Å². The summed E-state index contributed by atoms with van der Waals surface area (Å²) < 4.78 is 1.49. The molecule has 2 aromatic carbocycles. The van der Waals surface area contributed by atoms with Gasteiger partial charge in [-0.1, -0.05) is 60.7 Å². The molecule has 0 unspecified atom stereocenters. The van der Waals surface area contributed by atoms with Crippen LogP contribution in [0.15, 0.2) is 65.5 Å². The number of carbonyl (C=O) groups excluding carboxylic acids is 1. The fourth-order valence-corrected chi connectivity index (χ4v) is 3.86. The second kappa shape index (κ2) is 9.05. The molecule has 1 aliphatic heterocycles. The van der Waals surface area contributed by atoms with Gasteiger partial charge in [-0.2, -0.15) is 0 Å². The minimum absolute atomic E-state index is 0.00842. The van der Waals surface area contributed by atoms with E-state index in [2.05, 4.69) is 27.3 Å². The van der Waals surface area contributed by atoms with Gasteiger partial charge >= 0.3 is 0 Å². The zero-order valence-electron chi connectivity index (χ0n) is 17.2. The summed E-state index contributed by atoms with van der Waals surface area (Å²) in [7, 11) is 0. The minimum Gasteiger partial charge on any atom is -0.350 e. The van der Waals surface area contributed by atoms with Crippen LogP contribution >= 0.6 is 0 Å². The van der Waals surface area contributed by atoms with Crippen molar-refractivity contribution in [2.45, 2.75) is 39.5 Å². The lowest BCUT2D eigenvalue weighted by atomic mass is 10.1. The van der Waals surface area contributed by atoms with E-state index in [1.54, 1.807) is 6.92 Å². The van der Waals surface area contributed by atoms with E-state index in [0.717, 1.165) is 29.9 Å². The molecular weight excluding hydrogens is 376 g/mol. The lowest BCUT2D eigenvalue weighted by Crippen LogP contribution is -2.40. The molecule has 1 amide bonds. The Balaban J connectivity index is 1.44. The third-order valence-electron chi connectivity index (χ3n) is 5.47. The first-order valence-corrected chi connectivity index (χ1v) is 10.3. The van der Waals surface area contributed by atoms with Gasteiger partial charge in [0.2, 0.25) is 5.91 Å². The second-order valence-electron chi connectivity index (χ2n) is 7.68. The van der Waals surface area contributed by atoms with Crippen LogP contribution in [0, 0.1) is 6.92 Å². The molecule has 30 heavy (non-hydrogen) atoms. The summed E-state index contributed by atoms with van der Waals surface area (Å²) in [6.45, 7) is 4.53. The van der Waals surface area contributed by atoms with Crippen LogP contribution in [0.25, 0.3) is 0 Å². The average molecular weight is 402 g/mol. The average Bonchev–Trinajstić information content (AvgIpc) is 2.76. The highest BCUT2D eigenvalue weighted by Crippen LogP contribution is 2.17. The van der Waals surface area contributed by atoms with Gasteiger partial charge in [0.1, 0.15) is 12.4 Å². The Hall–Kier alpha value is -3.25. The summed E-state index contributed by atoms with van der Waals surface area (Å²) in [5.74, 6) is 0.391. The Morgan fingerprint density at radius 3 is 2.40 bits per heavy atom. The van der Waals surface area contributed by atoms with Gasteiger partial charge in [-0.3, -0.25) is 19.1 Å². The molecule has 1 N–H and O–H groups in total. The first kappa shape index (κ1) is 20.0. The maximum Gasteiger partial charge on any atom is 0.257 e. The molecule has 1 aromatic heterocycles. The minimum atomic E-state index is -0.188. The number of benzene rings is 2. The van der Waals surface area contributed by atoms with E-state index in [4.69, 9.17) is 0 Å². The fourth-order valence-electron chi connectivity index (χ4n) is 3.86. The molecule has 0 saturated carbocycles. The van der Waals surface area contributed by atoms with Gasteiger partial charge in [-0.15, -0.1) is 0 Å². The van der Waals surface area contributed by atoms with Gasteiger partial charge in [0.25, 0.3) is 5.56 Å². The molecule has 4 rings (SSSR count). The van der Waals surface area contributed by atoms with Gasteiger partial charge in [-0.25, -0.2) is 4.98 Å². The van der Waals surface area contributed by atoms with Crippen molar-refractivity contribution in [3.05, 3.63) is 99.2 Å². The second-order valence-corrected chi connectivity index (χ2v) is 7.68. The van der Waals surface area contributed by atoms with Crippen LogP contribution in [0.5, 0.6) is 0 Å². The van der Waals surface area contributed by atoms with Crippen LogP contribution < -0.4 is 10.9 Å². The molecule has 0 bridgehead atoms. The van der Waals surface area contributed by atoms with E-state index in [1.165, 1.54) is 10.1 Å².